The van der Waals surface area contributed by atoms with Crippen LogP contribution in [0.5, 0.6) is 0 Å². The Morgan fingerprint density at radius 1 is 1.07 bits per heavy atom. The highest BCUT2D eigenvalue weighted by atomic mass is 16.2. The van der Waals surface area contributed by atoms with Gasteiger partial charge < -0.3 is 14.8 Å². The molecule has 0 radical (unpaired) electrons. The van der Waals surface area contributed by atoms with E-state index in [2.05, 4.69) is 90.7 Å². The second-order valence-corrected chi connectivity index (χ2v) is 8.10. The van der Waals surface area contributed by atoms with E-state index < -0.39 is 0 Å². The molecule has 0 aliphatic carbocycles. The van der Waals surface area contributed by atoms with Crippen LogP contribution < -0.4 is 10.2 Å². The van der Waals surface area contributed by atoms with E-state index in [9.17, 15) is 4.79 Å². The third-order valence-electron chi connectivity index (χ3n) is 6.11. The van der Waals surface area contributed by atoms with Gasteiger partial charge in [-0.2, -0.15) is 0 Å². The normalized spacial score (nSPS) is 19.8. The van der Waals surface area contributed by atoms with Gasteiger partial charge in [-0.1, -0.05) is 54.6 Å². The van der Waals surface area contributed by atoms with E-state index in [-0.39, 0.29) is 11.9 Å². The Labute approximate surface area is 173 Å². The van der Waals surface area contributed by atoms with Crippen LogP contribution in [0, 0.1) is 0 Å². The zero-order valence-corrected chi connectivity index (χ0v) is 17.3. The number of carbonyl (C=O) groups excluding carboxylic acids is 1. The van der Waals surface area contributed by atoms with Crippen molar-refractivity contribution in [3.05, 3.63) is 84.2 Å². The Kier molecular flexibility index (Phi) is 5.81. The van der Waals surface area contributed by atoms with Crippen molar-refractivity contribution in [2.75, 3.05) is 13.1 Å². The Morgan fingerprint density at radius 2 is 1.79 bits per heavy atom. The Balaban J connectivity index is 1.36. The molecule has 3 aromatic rings. The molecule has 0 spiro atoms. The fourth-order valence-corrected chi connectivity index (χ4v) is 4.49. The first kappa shape index (κ1) is 19.5. The van der Waals surface area contributed by atoms with Crippen LogP contribution in [-0.2, 0) is 11.8 Å². The molecule has 2 aromatic carbocycles. The molecule has 1 aromatic heterocycles. The lowest BCUT2D eigenvalue weighted by atomic mass is 10.0. The number of carbonyl (C=O) groups is 1. The molecule has 1 saturated heterocycles. The number of likely N-dealkylation sites (tertiary alicyclic amines) is 1. The highest BCUT2D eigenvalue weighted by Gasteiger charge is 2.33. The Hall–Kier alpha value is -2.85. The van der Waals surface area contributed by atoms with Gasteiger partial charge in [0.15, 0.2) is 6.54 Å². The fourth-order valence-electron chi connectivity index (χ4n) is 4.49. The maximum Gasteiger partial charge on any atom is 0.275 e. The number of benzene rings is 2. The lowest BCUT2D eigenvalue weighted by Gasteiger charge is -2.23. The van der Waals surface area contributed by atoms with Crippen molar-refractivity contribution in [3.63, 3.8) is 0 Å². The molecule has 3 atom stereocenters. The largest absolute Gasteiger partial charge is 0.350 e. The van der Waals surface area contributed by atoms with Crippen molar-refractivity contribution in [2.24, 2.45) is 7.05 Å². The average molecular weight is 389 g/mol. The second kappa shape index (κ2) is 8.66. The minimum absolute atomic E-state index is 0.00260. The van der Waals surface area contributed by atoms with Crippen molar-refractivity contribution >= 4 is 5.91 Å². The summed E-state index contributed by atoms with van der Waals surface area (Å²) in [5, 5.41) is 3.20. The summed E-state index contributed by atoms with van der Waals surface area (Å²) in [5.41, 5.74) is 4.86. The monoisotopic (exact) mass is 388 g/mol. The number of hydrogen-bond donors (Lipinski definition) is 2. The first-order valence-electron chi connectivity index (χ1n) is 10.5. The van der Waals surface area contributed by atoms with Gasteiger partial charge in [0.1, 0.15) is 6.04 Å². The van der Waals surface area contributed by atoms with E-state index in [1.807, 2.05) is 6.07 Å². The molecule has 1 amide bonds. The zero-order valence-electron chi connectivity index (χ0n) is 17.3. The molecule has 1 aliphatic rings. The molecule has 4 rings (SSSR count). The lowest BCUT2D eigenvalue weighted by molar-refractivity contribution is -0.911. The number of nitrogens with zero attached hydrogens (tertiary/aromatic N) is 1. The summed E-state index contributed by atoms with van der Waals surface area (Å²) in [5.74, 6) is 0.126. The third kappa shape index (κ3) is 4.43. The van der Waals surface area contributed by atoms with Gasteiger partial charge >= 0.3 is 0 Å². The van der Waals surface area contributed by atoms with Gasteiger partial charge in [-0.05, 0) is 35.7 Å². The molecule has 4 heteroatoms. The van der Waals surface area contributed by atoms with Crippen LogP contribution in [0.15, 0.2) is 72.9 Å². The number of hydrogen-bond acceptors (Lipinski definition) is 1. The van der Waals surface area contributed by atoms with Gasteiger partial charge in [-0.25, -0.2) is 0 Å². The van der Waals surface area contributed by atoms with Crippen molar-refractivity contribution in [1.82, 2.24) is 9.88 Å². The third-order valence-corrected chi connectivity index (χ3v) is 6.11. The van der Waals surface area contributed by atoms with E-state index in [1.54, 1.807) is 0 Å². The molecule has 150 valence electrons. The van der Waals surface area contributed by atoms with Gasteiger partial charge in [-0.3, -0.25) is 4.79 Å². The molecule has 2 heterocycles. The molecular formula is C25H30N3O+. The number of nitrogens with one attached hydrogen (secondary N) is 2. The lowest BCUT2D eigenvalue weighted by Crippen LogP contribution is -3.11. The van der Waals surface area contributed by atoms with Crippen LogP contribution in [0.4, 0.5) is 0 Å². The molecule has 2 N–H and O–H groups in total. The van der Waals surface area contributed by atoms with Gasteiger partial charge in [0.25, 0.3) is 5.91 Å². The van der Waals surface area contributed by atoms with Gasteiger partial charge in [0.05, 0.1) is 18.3 Å². The maximum atomic E-state index is 12.7. The number of aromatic nitrogens is 1. The summed E-state index contributed by atoms with van der Waals surface area (Å²) in [6.45, 7) is 3.65. The second-order valence-electron chi connectivity index (χ2n) is 8.10. The van der Waals surface area contributed by atoms with Crippen LogP contribution in [0.1, 0.15) is 43.1 Å². The molecule has 1 fully saturated rings. The average Bonchev–Trinajstić information content (AvgIpc) is 3.37. The van der Waals surface area contributed by atoms with Crippen molar-refractivity contribution < 1.29 is 9.69 Å². The Morgan fingerprint density at radius 3 is 2.48 bits per heavy atom. The molecule has 4 nitrogen and oxygen atoms in total. The van der Waals surface area contributed by atoms with E-state index in [1.165, 1.54) is 28.1 Å². The highest BCUT2D eigenvalue weighted by molar-refractivity contribution is 5.77. The molecular weight excluding hydrogens is 358 g/mol. The van der Waals surface area contributed by atoms with Gasteiger partial charge in [-0.15, -0.1) is 0 Å². The number of aryl methyl sites for hydroxylation is 1. The topological polar surface area (TPSA) is 38.5 Å². The van der Waals surface area contributed by atoms with E-state index >= 15 is 0 Å². The van der Waals surface area contributed by atoms with Crippen LogP contribution in [0.3, 0.4) is 0 Å². The minimum Gasteiger partial charge on any atom is -0.350 e. The van der Waals surface area contributed by atoms with Gasteiger partial charge in [0.2, 0.25) is 0 Å². The summed E-state index contributed by atoms with van der Waals surface area (Å²) in [7, 11) is 2.09. The van der Waals surface area contributed by atoms with Crippen LogP contribution in [0.2, 0.25) is 0 Å². The molecule has 0 saturated carbocycles. The first-order valence-corrected chi connectivity index (χ1v) is 10.5. The summed E-state index contributed by atoms with van der Waals surface area (Å²) in [6.07, 6.45) is 4.42. The molecule has 1 unspecified atom stereocenters. The predicted octanol–water partition coefficient (Wildman–Crippen LogP) is 3.29. The molecule has 1 aliphatic heterocycles. The van der Waals surface area contributed by atoms with E-state index in [0.29, 0.717) is 12.6 Å². The van der Waals surface area contributed by atoms with Crippen LogP contribution in [-0.4, -0.2) is 23.6 Å². The van der Waals surface area contributed by atoms with Gasteiger partial charge in [0, 0.05) is 26.1 Å². The summed E-state index contributed by atoms with van der Waals surface area (Å²) in [4.78, 5) is 14.1. The first-order chi connectivity index (χ1) is 14.1. The maximum absolute atomic E-state index is 12.7. The predicted molar refractivity (Wildman–Crippen MR) is 117 cm³/mol. The molecule has 29 heavy (non-hydrogen) atoms. The minimum atomic E-state index is 0.00260. The summed E-state index contributed by atoms with van der Waals surface area (Å²) >= 11 is 0. The van der Waals surface area contributed by atoms with Crippen molar-refractivity contribution in [3.8, 4) is 11.1 Å². The summed E-state index contributed by atoms with van der Waals surface area (Å²) in [6, 6.07) is 23.5. The smallest absolute Gasteiger partial charge is 0.275 e. The van der Waals surface area contributed by atoms with Crippen molar-refractivity contribution in [2.45, 2.75) is 31.8 Å². The number of quaternary nitrogens is 1. The van der Waals surface area contributed by atoms with E-state index in [0.717, 1.165) is 18.5 Å². The molecule has 0 bridgehead atoms. The Bertz CT molecular complexity index is 946. The SMILES string of the molecule is C[C@@H](NC(=O)C[NH+]1CCC[C@@H]1c1cccn1C)c1ccc(-c2ccccc2)cc1. The number of rotatable bonds is 6. The number of amides is 1. The standard InChI is InChI=1S/C25H29N3O/c1-19(20-12-14-22(15-13-20)21-8-4-3-5-9-21)26-25(29)18-28-17-7-11-24(28)23-10-6-16-27(23)2/h3-6,8-10,12-16,19,24H,7,11,17-18H2,1-2H3,(H,26,29)/p+1/t19-,24-/m1/s1. The fraction of sp³-hybridized carbons (Fsp3) is 0.320. The van der Waals surface area contributed by atoms with Crippen LogP contribution >= 0.6 is 0 Å². The van der Waals surface area contributed by atoms with Crippen molar-refractivity contribution in [1.29, 1.82) is 0 Å². The van der Waals surface area contributed by atoms with Crippen LogP contribution in [0.25, 0.3) is 11.1 Å². The summed E-state index contributed by atoms with van der Waals surface area (Å²) < 4.78 is 2.19. The highest BCUT2D eigenvalue weighted by Crippen LogP contribution is 2.22. The zero-order chi connectivity index (χ0) is 20.2. The quantitative estimate of drug-likeness (QED) is 0.668. The van der Waals surface area contributed by atoms with E-state index in [4.69, 9.17) is 0 Å².